The molecular weight excluding hydrogens is 380 g/mol. The van der Waals surface area contributed by atoms with Gasteiger partial charge >= 0.3 is 5.97 Å². The van der Waals surface area contributed by atoms with E-state index < -0.39 is 5.97 Å². The number of unbranched alkanes of at least 4 members (excludes halogenated alkanes) is 11. The van der Waals surface area contributed by atoms with E-state index in [0.29, 0.717) is 11.0 Å². The Morgan fingerprint density at radius 2 is 1.06 bits per heavy atom. The second-order valence-corrected chi connectivity index (χ2v) is 9.96. The highest BCUT2D eigenvalue weighted by molar-refractivity contribution is 5.86. The molecule has 0 fully saturated rings. The Kier molecular flexibility index (Phi) is 20.5. The predicted octanol–water partition coefficient (Wildman–Crippen LogP) is 10.3. The summed E-state index contributed by atoms with van der Waals surface area (Å²) in [6, 6.07) is 0. The number of aliphatic carboxylic acids is 1. The van der Waals surface area contributed by atoms with Crippen molar-refractivity contribution in [1.82, 2.24) is 0 Å². The summed E-state index contributed by atoms with van der Waals surface area (Å²) < 4.78 is 0. The summed E-state index contributed by atoms with van der Waals surface area (Å²) >= 11 is 0. The number of allylic oxidation sites excluding steroid dienone is 1. The van der Waals surface area contributed by atoms with Crippen LogP contribution in [-0.4, -0.2) is 11.1 Å². The van der Waals surface area contributed by atoms with E-state index in [1.165, 1.54) is 103 Å². The molecule has 1 N–H and O–H groups in total. The lowest BCUT2D eigenvalue weighted by molar-refractivity contribution is -0.132. The number of carbonyl (C=O) groups is 1. The van der Waals surface area contributed by atoms with Gasteiger partial charge in [-0.2, -0.15) is 0 Å². The first-order chi connectivity index (χ1) is 15.0. The van der Waals surface area contributed by atoms with Gasteiger partial charge in [-0.25, -0.2) is 4.79 Å². The maximum atomic E-state index is 11.4. The number of carboxylic acids is 1. The van der Waals surface area contributed by atoms with E-state index in [-0.39, 0.29) is 0 Å². The lowest BCUT2D eigenvalue weighted by Crippen LogP contribution is -2.21. The average molecular weight is 437 g/mol. The van der Waals surface area contributed by atoms with Crippen molar-refractivity contribution in [1.29, 1.82) is 0 Å². The maximum Gasteiger partial charge on any atom is 0.331 e. The Bertz CT molecular complexity index is 416. The van der Waals surface area contributed by atoms with Crippen LogP contribution in [0.1, 0.15) is 163 Å². The maximum absolute atomic E-state index is 11.4. The molecule has 0 aromatic heterocycles. The SMILES string of the molecule is CCCCCCC(=CCCCCCCCC(CCCC)(CCCC)CCCC)C(=O)O. The van der Waals surface area contributed by atoms with Crippen LogP contribution in [0.4, 0.5) is 0 Å². The molecule has 31 heavy (non-hydrogen) atoms. The number of rotatable bonds is 23. The van der Waals surface area contributed by atoms with E-state index in [4.69, 9.17) is 0 Å². The van der Waals surface area contributed by atoms with Crippen LogP contribution < -0.4 is 0 Å². The smallest absolute Gasteiger partial charge is 0.331 e. The summed E-state index contributed by atoms with van der Waals surface area (Å²) in [7, 11) is 0. The number of hydrogen-bond acceptors (Lipinski definition) is 1. The van der Waals surface area contributed by atoms with Gasteiger partial charge in [-0.05, 0) is 56.8 Å². The zero-order valence-corrected chi connectivity index (χ0v) is 21.8. The Labute approximate surface area is 195 Å². The molecule has 0 aliphatic heterocycles. The van der Waals surface area contributed by atoms with Crippen LogP contribution in [0.25, 0.3) is 0 Å². The van der Waals surface area contributed by atoms with Gasteiger partial charge in [0.1, 0.15) is 0 Å². The highest BCUT2D eigenvalue weighted by Crippen LogP contribution is 2.41. The van der Waals surface area contributed by atoms with Crippen LogP contribution in [-0.2, 0) is 4.79 Å². The quantitative estimate of drug-likeness (QED) is 0.128. The third-order valence-corrected chi connectivity index (χ3v) is 7.06. The van der Waals surface area contributed by atoms with Crippen molar-refractivity contribution in [2.45, 2.75) is 163 Å². The first-order valence-electron chi connectivity index (χ1n) is 14.0. The highest BCUT2D eigenvalue weighted by Gasteiger charge is 2.27. The molecule has 0 saturated heterocycles. The lowest BCUT2D eigenvalue weighted by Gasteiger charge is -2.35. The molecule has 0 aliphatic carbocycles. The molecule has 184 valence electrons. The van der Waals surface area contributed by atoms with Crippen LogP contribution in [0.15, 0.2) is 11.6 Å². The zero-order chi connectivity index (χ0) is 23.2. The van der Waals surface area contributed by atoms with Crippen molar-refractivity contribution in [3.05, 3.63) is 11.6 Å². The molecule has 2 heteroatoms. The van der Waals surface area contributed by atoms with Gasteiger partial charge in [-0.1, -0.05) is 117 Å². The summed E-state index contributed by atoms with van der Waals surface area (Å²) in [5, 5.41) is 9.40. The van der Waals surface area contributed by atoms with Crippen LogP contribution in [0.5, 0.6) is 0 Å². The van der Waals surface area contributed by atoms with Crippen LogP contribution in [0.2, 0.25) is 0 Å². The van der Waals surface area contributed by atoms with E-state index in [2.05, 4.69) is 27.7 Å². The third-order valence-electron chi connectivity index (χ3n) is 7.06. The standard InChI is InChI=1S/C29H56O2/c1-5-9-13-18-21-27(28(30)31)22-19-16-14-15-17-20-26-29(23-10-6-2,24-11-7-3)25-12-8-4/h22H,5-21,23-26H2,1-4H3,(H,30,31). The minimum atomic E-state index is -0.709. The molecule has 0 atom stereocenters. The molecule has 0 aromatic carbocycles. The van der Waals surface area contributed by atoms with Crippen LogP contribution in [0, 0.1) is 5.41 Å². The Morgan fingerprint density at radius 1 is 0.613 bits per heavy atom. The minimum Gasteiger partial charge on any atom is -0.478 e. The van der Waals surface area contributed by atoms with E-state index >= 15 is 0 Å². The van der Waals surface area contributed by atoms with Crippen molar-refractivity contribution in [2.24, 2.45) is 5.41 Å². The Morgan fingerprint density at radius 3 is 1.58 bits per heavy atom. The monoisotopic (exact) mass is 436 g/mol. The zero-order valence-electron chi connectivity index (χ0n) is 21.8. The van der Waals surface area contributed by atoms with Crippen molar-refractivity contribution in [3.63, 3.8) is 0 Å². The van der Waals surface area contributed by atoms with Gasteiger partial charge in [0.15, 0.2) is 0 Å². The molecule has 0 amide bonds. The second-order valence-electron chi connectivity index (χ2n) is 9.96. The van der Waals surface area contributed by atoms with E-state index in [1.54, 1.807) is 0 Å². The fourth-order valence-corrected chi connectivity index (χ4v) is 4.89. The molecule has 0 rings (SSSR count). The van der Waals surface area contributed by atoms with Gasteiger partial charge < -0.3 is 5.11 Å². The van der Waals surface area contributed by atoms with Gasteiger partial charge in [0.25, 0.3) is 0 Å². The van der Waals surface area contributed by atoms with Crippen LogP contribution in [0.3, 0.4) is 0 Å². The molecule has 0 aliphatic rings. The molecule has 0 aromatic rings. The Balaban J connectivity index is 4.26. The van der Waals surface area contributed by atoms with Gasteiger partial charge in [0.2, 0.25) is 0 Å². The molecule has 2 nitrogen and oxygen atoms in total. The summed E-state index contributed by atoms with van der Waals surface area (Å²) in [4.78, 5) is 11.4. The summed E-state index contributed by atoms with van der Waals surface area (Å²) in [5.41, 5.74) is 1.25. The topological polar surface area (TPSA) is 37.3 Å². The van der Waals surface area contributed by atoms with E-state index in [0.717, 1.165) is 32.1 Å². The predicted molar refractivity (Wildman–Crippen MR) is 138 cm³/mol. The van der Waals surface area contributed by atoms with Gasteiger partial charge in [-0.3, -0.25) is 0 Å². The molecular formula is C29H56O2. The van der Waals surface area contributed by atoms with Gasteiger partial charge in [0, 0.05) is 5.57 Å². The fourth-order valence-electron chi connectivity index (χ4n) is 4.89. The van der Waals surface area contributed by atoms with Gasteiger partial charge in [0.05, 0.1) is 0 Å². The molecule has 0 radical (unpaired) electrons. The normalized spacial score (nSPS) is 12.5. The second kappa shape index (κ2) is 21.1. The van der Waals surface area contributed by atoms with Crippen molar-refractivity contribution in [3.8, 4) is 0 Å². The van der Waals surface area contributed by atoms with Crippen molar-refractivity contribution < 1.29 is 9.90 Å². The van der Waals surface area contributed by atoms with Crippen molar-refractivity contribution >= 4 is 5.97 Å². The summed E-state index contributed by atoms with van der Waals surface area (Å²) in [5.74, 6) is -0.709. The van der Waals surface area contributed by atoms with E-state index in [9.17, 15) is 9.90 Å². The van der Waals surface area contributed by atoms with E-state index in [1.807, 2.05) is 6.08 Å². The largest absolute Gasteiger partial charge is 0.478 e. The fraction of sp³-hybridized carbons (Fsp3) is 0.897. The average Bonchev–Trinajstić information content (AvgIpc) is 2.77. The van der Waals surface area contributed by atoms with Crippen molar-refractivity contribution in [2.75, 3.05) is 0 Å². The Hall–Kier alpha value is -0.790. The third kappa shape index (κ3) is 16.5. The summed E-state index contributed by atoms with van der Waals surface area (Å²) in [6.45, 7) is 9.19. The molecule has 0 saturated carbocycles. The number of carboxylic acid groups (broad SMARTS) is 1. The lowest BCUT2D eigenvalue weighted by atomic mass is 9.71. The minimum absolute atomic E-state index is 0.610. The highest BCUT2D eigenvalue weighted by atomic mass is 16.4. The first-order valence-corrected chi connectivity index (χ1v) is 14.0. The molecule has 0 spiro atoms. The molecule has 0 heterocycles. The van der Waals surface area contributed by atoms with Crippen LogP contribution >= 0.6 is 0 Å². The molecule has 0 unspecified atom stereocenters. The first kappa shape index (κ1) is 30.2. The van der Waals surface area contributed by atoms with Gasteiger partial charge in [-0.15, -0.1) is 0 Å². The molecule has 0 bridgehead atoms. The summed E-state index contributed by atoms with van der Waals surface area (Å²) in [6.07, 6.45) is 28.5. The number of hydrogen-bond donors (Lipinski definition) is 1.